The SMILES string of the molecule is Cc1noc(C)c1-c1cc(S(=O)(=O)NC2CCCC2)c2cc(C(=O)N(C)C)c(=O)[nH]c2c1. The molecule has 4 rings (SSSR count). The van der Waals surface area contributed by atoms with Crippen LogP contribution in [0.2, 0.25) is 0 Å². The van der Waals surface area contributed by atoms with Crippen molar-refractivity contribution in [2.24, 2.45) is 0 Å². The van der Waals surface area contributed by atoms with Gasteiger partial charge in [-0.3, -0.25) is 9.59 Å². The summed E-state index contributed by atoms with van der Waals surface area (Å²) in [5.41, 5.74) is 1.44. The number of pyridine rings is 1. The van der Waals surface area contributed by atoms with Crippen LogP contribution in [0.1, 0.15) is 47.5 Å². The number of carbonyl (C=O) groups is 1. The number of fused-ring (bicyclic) bond motifs is 1. The predicted molar refractivity (Wildman–Crippen MR) is 120 cm³/mol. The van der Waals surface area contributed by atoms with Crippen LogP contribution < -0.4 is 10.3 Å². The van der Waals surface area contributed by atoms with Gasteiger partial charge >= 0.3 is 0 Å². The number of benzene rings is 1. The summed E-state index contributed by atoms with van der Waals surface area (Å²) in [6, 6.07) is 4.45. The minimum absolute atomic E-state index is 0.000885. The summed E-state index contributed by atoms with van der Waals surface area (Å²) in [5, 5.41) is 4.23. The van der Waals surface area contributed by atoms with Gasteiger partial charge in [-0.05, 0) is 50.5 Å². The number of aromatic amines is 1. The molecule has 1 aromatic carbocycles. The second kappa shape index (κ2) is 8.18. The van der Waals surface area contributed by atoms with Gasteiger partial charge in [0.25, 0.3) is 11.5 Å². The fourth-order valence-electron chi connectivity index (χ4n) is 4.27. The van der Waals surface area contributed by atoms with Crippen LogP contribution in [0, 0.1) is 13.8 Å². The summed E-state index contributed by atoms with van der Waals surface area (Å²) in [6.07, 6.45) is 3.51. The Morgan fingerprint density at radius 2 is 1.88 bits per heavy atom. The lowest BCUT2D eigenvalue weighted by atomic mass is 10.0. The molecule has 2 aromatic heterocycles. The van der Waals surface area contributed by atoms with Crippen molar-refractivity contribution in [3.05, 3.63) is 45.6 Å². The van der Waals surface area contributed by atoms with Gasteiger partial charge in [0.05, 0.1) is 16.1 Å². The zero-order valence-electron chi connectivity index (χ0n) is 18.5. The molecule has 32 heavy (non-hydrogen) atoms. The highest BCUT2D eigenvalue weighted by Crippen LogP contribution is 2.33. The first kappa shape index (κ1) is 22.2. The molecule has 170 valence electrons. The van der Waals surface area contributed by atoms with Crippen molar-refractivity contribution in [2.45, 2.75) is 50.5 Å². The normalized spacial score (nSPS) is 14.9. The highest BCUT2D eigenvalue weighted by Gasteiger charge is 2.27. The molecule has 0 aliphatic heterocycles. The van der Waals surface area contributed by atoms with Crippen LogP contribution in [0.15, 0.2) is 32.4 Å². The molecule has 0 unspecified atom stereocenters. The third-order valence-corrected chi connectivity index (χ3v) is 7.41. The molecule has 1 aliphatic carbocycles. The maximum Gasteiger partial charge on any atom is 0.261 e. The Balaban J connectivity index is 1.99. The zero-order chi connectivity index (χ0) is 23.2. The molecule has 0 spiro atoms. The van der Waals surface area contributed by atoms with E-state index in [2.05, 4.69) is 14.9 Å². The Hall–Kier alpha value is -2.98. The van der Waals surface area contributed by atoms with Crippen molar-refractivity contribution >= 4 is 26.8 Å². The number of hydrogen-bond acceptors (Lipinski definition) is 6. The van der Waals surface area contributed by atoms with Crippen LogP contribution in [0.4, 0.5) is 0 Å². The maximum absolute atomic E-state index is 13.5. The molecule has 1 aliphatic rings. The summed E-state index contributed by atoms with van der Waals surface area (Å²) in [4.78, 5) is 29.1. The molecule has 1 amide bonds. The maximum atomic E-state index is 13.5. The molecule has 0 saturated heterocycles. The highest BCUT2D eigenvalue weighted by molar-refractivity contribution is 7.89. The van der Waals surface area contributed by atoms with Crippen LogP contribution in [0.3, 0.4) is 0 Å². The van der Waals surface area contributed by atoms with E-state index >= 15 is 0 Å². The Morgan fingerprint density at radius 1 is 1.19 bits per heavy atom. The summed E-state index contributed by atoms with van der Waals surface area (Å²) < 4.78 is 35.0. The van der Waals surface area contributed by atoms with Crippen molar-refractivity contribution in [2.75, 3.05) is 14.1 Å². The second-order valence-corrected chi connectivity index (χ2v) is 10.1. The predicted octanol–water partition coefficient (Wildman–Crippen LogP) is 2.72. The Bertz CT molecular complexity index is 1350. The number of nitrogens with one attached hydrogen (secondary N) is 2. The number of aryl methyl sites for hydroxylation is 2. The number of aromatic nitrogens is 2. The average molecular weight is 459 g/mol. The first-order chi connectivity index (χ1) is 15.1. The van der Waals surface area contributed by atoms with E-state index in [-0.39, 0.29) is 21.9 Å². The summed E-state index contributed by atoms with van der Waals surface area (Å²) in [6.45, 7) is 3.51. The number of carbonyl (C=O) groups excluding carboxylic acids is 1. The van der Waals surface area contributed by atoms with Crippen LogP contribution in [0.25, 0.3) is 22.0 Å². The van der Waals surface area contributed by atoms with Crippen LogP contribution >= 0.6 is 0 Å². The van der Waals surface area contributed by atoms with Gasteiger partial charge in [0.15, 0.2) is 0 Å². The summed E-state index contributed by atoms with van der Waals surface area (Å²) in [5.74, 6) is 0.0331. The molecule has 0 radical (unpaired) electrons. The molecule has 1 saturated carbocycles. The van der Waals surface area contributed by atoms with Gasteiger partial charge in [0, 0.05) is 31.1 Å². The lowest BCUT2D eigenvalue weighted by molar-refractivity contribution is 0.0826. The minimum atomic E-state index is -3.93. The van der Waals surface area contributed by atoms with E-state index in [0.29, 0.717) is 28.1 Å². The molecule has 0 bridgehead atoms. The lowest BCUT2D eigenvalue weighted by Gasteiger charge is -2.16. The second-order valence-electron chi connectivity index (χ2n) is 8.45. The highest BCUT2D eigenvalue weighted by atomic mass is 32.2. The molecule has 2 N–H and O–H groups in total. The lowest BCUT2D eigenvalue weighted by Crippen LogP contribution is -2.33. The van der Waals surface area contributed by atoms with E-state index in [4.69, 9.17) is 4.52 Å². The van der Waals surface area contributed by atoms with Crippen molar-refractivity contribution < 1.29 is 17.7 Å². The number of nitrogens with zero attached hydrogens (tertiary/aromatic N) is 2. The van der Waals surface area contributed by atoms with Crippen LogP contribution in [-0.4, -0.2) is 49.5 Å². The summed E-state index contributed by atoms with van der Waals surface area (Å²) >= 11 is 0. The zero-order valence-corrected chi connectivity index (χ0v) is 19.3. The van der Waals surface area contributed by atoms with Crippen LogP contribution in [-0.2, 0) is 10.0 Å². The standard InChI is InChI=1S/C22H26N4O5S/c1-12-20(13(2)31-24-12)14-9-18-16(11-17(21(27)23-18)22(28)26(3)4)19(10-14)32(29,30)25-15-7-5-6-8-15/h9-11,15,25H,5-8H2,1-4H3,(H,23,27). The van der Waals surface area contributed by atoms with E-state index in [1.54, 1.807) is 26.0 Å². The Labute approximate surface area is 185 Å². The van der Waals surface area contributed by atoms with Crippen molar-refractivity contribution in [1.82, 2.24) is 19.8 Å². The molecule has 3 aromatic rings. The van der Waals surface area contributed by atoms with E-state index in [1.165, 1.54) is 25.1 Å². The number of sulfonamides is 1. The number of hydrogen-bond donors (Lipinski definition) is 2. The monoisotopic (exact) mass is 458 g/mol. The minimum Gasteiger partial charge on any atom is -0.361 e. The van der Waals surface area contributed by atoms with Crippen molar-refractivity contribution in [1.29, 1.82) is 0 Å². The van der Waals surface area contributed by atoms with Gasteiger partial charge in [-0.2, -0.15) is 0 Å². The smallest absolute Gasteiger partial charge is 0.261 e. The van der Waals surface area contributed by atoms with Crippen molar-refractivity contribution in [3.8, 4) is 11.1 Å². The quantitative estimate of drug-likeness (QED) is 0.606. The van der Waals surface area contributed by atoms with E-state index in [0.717, 1.165) is 25.7 Å². The van der Waals surface area contributed by atoms with Gasteiger partial charge in [-0.25, -0.2) is 13.1 Å². The van der Waals surface area contributed by atoms with Crippen molar-refractivity contribution in [3.63, 3.8) is 0 Å². The van der Waals surface area contributed by atoms with Crippen LogP contribution in [0.5, 0.6) is 0 Å². The number of amides is 1. The molecule has 9 nitrogen and oxygen atoms in total. The van der Waals surface area contributed by atoms with Gasteiger partial charge in [0.1, 0.15) is 11.3 Å². The number of H-pyrrole nitrogens is 1. The third kappa shape index (κ3) is 3.95. The molecule has 1 fully saturated rings. The largest absolute Gasteiger partial charge is 0.361 e. The van der Waals surface area contributed by atoms with Gasteiger partial charge in [0.2, 0.25) is 10.0 Å². The number of rotatable bonds is 5. The van der Waals surface area contributed by atoms with Gasteiger partial charge < -0.3 is 14.4 Å². The molecule has 2 heterocycles. The Kier molecular flexibility index (Phi) is 5.68. The summed E-state index contributed by atoms with van der Waals surface area (Å²) in [7, 11) is -0.866. The van der Waals surface area contributed by atoms with E-state index < -0.39 is 21.5 Å². The average Bonchev–Trinajstić information content (AvgIpc) is 3.34. The van der Waals surface area contributed by atoms with Gasteiger partial charge in [-0.15, -0.1) is 0 Å². The fraction of sp³-hybridized carbons (Fsp3) is 0.409. The third-order valence-electron chi connectivity index (χ3n) is 5.85. The molecule has 0 atom stereocenters. The van der Waals surface area contributed by atoms with E-state index in [9.17, 15) is 18.0 Å². The molecule has 10 heteroatoms. The van der Waals surface area contributed by atoms with Gasteiger partial charge in [-0.1, -0.05) is 18.0 Å². The first-order valence-electron chi connectivity index (χ1n) is 10.5. The first-order valence-corrected chi connectivity index (χ1v) is 11.9. The molecular formula is C22H26N4O5S. The van der Waals surface area contributed by atoms with E-state index in [1.807, 2.05) is 0 Å². The topological polar surface area (TPSA) is 125 Å². The molecular weight excluding hydrogens is 432 g/mol. The fourth-order valence-corrected chi connectivity index (χ4v) is 5.81. The Morgan fingerprint density at radius 3 is 2.47 bits per heavy atom.